The van der Waals surface area contributed by atoms with Crippen LogP contribution in [0.2, 0.25) is 0 Å². The molecule has 1 heterocycles. The molecule has 1 amide bonds. The molecule has 0 bridgehead atoms. The number of rotatable bonds is 7. The summed E-state index contributed by atoms with van der Waals surface area (Å²) in [6, 6.07) is 6.78. The predicted octanol–water partition coefficient (Wildman–Crippen LogP) is 4.31. The first-order valence-electron chi connectivity index (χ1n) is 7.50. The highest BCUT2D eigenvalue weighted by Crippen LogP contribution is 2.27. The van der Waals surface area contributed by atoms with Crippen molar-refractivity contribution in [1.29, 1.82) is 0 Å². The van der Waals surface area contributed by atoms with Crippen LogP contribution in [0.3, 0.4) is 0 Å². The van der Waals surface area contributed by atoms with Crippen LogP contribution in [0.25, 0.3) is 10.1 Å². The lowest BCUT2D eigenvalue weighted by molar-refractivity contribution is -0.121. The maximum atomic E-state index is 11.5. The quantitative estimate of drug-likeness (QED) is 0.808. The van der Waals surface area contributed by atoms with E-state index in [1.165, 1.54) is 27.6 Å². The molecule has 0 saturated carbocycles. The number of nitrogens with one attached hydrogen (secondary N) is 1. The van der Waals surface area contributed by atoms with E-state index >= 15 is 0 Å². The van der Waals surface area contributed by atoms with E-state index in [1.807, 2.05) is 6.92 Å². The predicted molar refractivity (Wildman–Crippen MR) is 87.4 cm³/mol. The van der Waals surface area contributed by atoms with Gasteiger partial charge in [0.05, 0.1) is 0 Å². The van der Waals surface area contributed by atoms with Gasteiger partial charge in [0.2, 0.25) is 5.91 Å². The molecule has 108 valence electrons. The number of amides is 1. The number of benzene rings is 1. The summed E-state index contributed by atoms with van der Waals surface area (Å²) in [5.41, 5.74) is 2.77. The van der Waals surface area contributed by atoms with E-state index in [-0.39, 0.29) is 5.91 Å². The van der Waals surface area contributed by atoms with Gasteiger partial charge in [-0.05, 0) is 47.2 Å². The zero-order valence-electron chi connectivity index (χ0n) is 12.4. The van der Waals surface area contributed by atoms with E-state index < -0.39 is 0 Å². The molecule has 3 heteroatoms. The number of carbonyl (C=O) groups excluding carboxylic acids is 1. The van der Waals surface area contributed by atoms with Crippen molar-refractivity contribution < 1.29 is 4.79 Å². The maximum absolute atomic E-state index is 11.5. The van der Waals surface area contributed by atoms with Crippen molar-refractivity contribution in [3.63, 3.8) is 0 Å². The van der Waals surface area contributed by atoms with Crippen LogP contribution in [-0.4, -0.2) is 12.5 Å². The molecule has 2 rings (SSSR count). The summed E-state index contributed by atoms with van der Waals surface area (Å²) in [4.78, 5) is 11.5. The fourth-order valence-electron chi connectivity index (χ4n) is 2.42. The minimum absolute atomic E-state index is 0.165. The van der Waals surface area contributed by atoms with Crippen LogP contribution in [0.4, 0.5) is 0 Å². The van der Waals surface area contributed by atoms with Gasteiger partial charge in [-0.25, -0.2) is 0 Å². The Labute approximate surface area is 125 Å². The smallest absolute Gasteiger partial charge is 0.219 e. The number of hydrogen-bond donors (Lipinski definition) is 1. The third-order valence-corrected chi connectivity index (χ3v) is 4.46. The van der Waals surface area contributed by atoms with Crippen LogP contribution in [0, 0.1) is 0 Å². The van der Waals surface area contributed by atoms with Crippen LogP contribution in [0.1, 0.15) is 44.2 Å². The average molecular weight is 289 g/mol. The molecule has 0 saturated heterocycles. The van der Waals surface area contributed by atoms with Gasteiger partial charge in [0.15, 0.2) is 0 Å². The summed E-state index contributed by atoms with van der Waals surface area (Å²) in [5.74, 6) is 0.165. The van der Waals surface area contributed by atoms with Crippen LogP contribution >= 0.6 is 11.3 Å². The van der Waals surface area contributed by atoms with Gasteiger partial charge in [-0.2, -0.15) is 0 Å². The molecule has 0 aliphatic rings. The summed E-state index contributed by atoms with van der Waals surface area (Å²) in [7, 11) is 0. The molecule has 0 radical (unpaired) electrons. The molecule has 0 spiro atoms. The zero-order valence-corrected chi connectivity index (χ0v) is 13.2. The lowest BCUT2D eigenvalue weighted by Gasteiger charge is -2.05. The van der Waals surface area contributed by atoms with Gasteiger partial charge >= 0.3 is 0 Å². The van der Waals surface area contributed by atoms with Crippen LogP contribution in [0.5, 0.6) is 0 Å². The molecule has 20 heavy (non-hydrogen) atoms. The summed E-state index contributed by atoms with van der Waals surface area (Å²) in [5, 5.41) is 6.59. The summed E-state index contributed by atoms with van der Waals surface area (Å²) < 4.78 is 1.35. The Bertz CT molecular complexity index is 573. The number of carbonyl (C=O) groups is 1. The fourth-order valence-corrected chi connectivity index (χ4v) is 3.40. The molecule has 0 aliphatic heterocycles. The van der Waals surface area contributed by atoms with Crippen molar-refractivity contribution in [2.75, 3.05) is 6.54 Å². The van der Waals surface area contributed by atoms with E-state index in [0.29, 0.717) is 6.42 Å². The number of fused-ring (bicyclic) bond motifs is 1. The van der Waals surface area contributed by atoms with Crippen molar-refractivity contribution in [3.8, 4) is 0 Å². The summed E-state index contributed by atoms with van der Waals surface area (Å²) in [6.07, 6.45) is 4.78. The third-order valence-electron chi connectivity index (χ3n) is 3.45. The maximum Gasteiger partial charge on any atom is 0.219 e. The average Bonchev–Trinajstić information content (AvgIpc) is 2.82. The molecular formula is C17H23NOS. The molecule has 0 atom stereocenters. The van der Waals surface area contributed by atoms with E-state index in [1.54, 1.807) is 11.3 Å². The van der Waals surface area contributed by atoms with Crippen molar-refractivity contribution >= 4 is 27.3 Å². The monoisotopic (exact) mass is 289 g/mol. The first-order chi connectivity index (χ1) is 9.74. The number of aryl methyl sites for hydroxylation is 1. The molecule has 1 aromatic heterocycles. The normalized spacial score (nSPS) is 10.9. The van der Waals surface area contributed by atoms with Crippen molar-refractivity contribution in [1.82, 2.24) is 5.32 Å². The van der Waals surface area contributed by atoms with E-state index in [9.17, 15) is 4.79 Å². The molecule has 2 nitrogen and oxygen atoms in total. The first kappa shape index (κ1) is 15.0. The Balaban J connectivity index is 2.02. The minimum atomic E-state index is 0.165. The fraction of sp³-hybridized carbons (Fsp3) is 0.471. The molecule has 0 aliphatic carbocycles. The van der Waals surface area contributed by atoms with E-state index in [2.05, 4.69) is 35.8 Å². The molecule has 1 N–H and O–H groups in total. The highest BCUT2D eigenvalue weighted by Gasteiger charge is 2.06. The lowest BCUT2D eigenvalue weighted by atomic mass is 10.0. The van der Waals surface area contributed by atoms with Crippen LogP contribution < -0.4 is 5.32 Å². The summed E-state index contributed by atoms with van der Waals surface area (Å²) in [6.45, 7) is 4.98. The van der Waals surface area contributed by atoms with E-state index in [0.717, 1.165) is 25.8 Å². The standard InChI is InChI=1S/C17H23NOS/c1-3-5-13-7-8-16-15(11-13)14(12-20-16)9-10-18-17(19)6-4-2/h7-8,11-12H,3-6,9-10H2,1-2H3,(H,18,19). The molecule has 1 aromatic carbocycles. The zero-order chi connectivity index (χ0) is 14.4. The van der Waals surface area contributed by atoms with Gasteiger partial charge < -0.3 is 5.32 Å². The van der Waals surface area contributed by atoms with Gasteiger partial charge in [0, 0.05) is 17.7 Å². The van der Waals surface area contributed by atoms with Crippen molar-refractivity contribution in [2.24, 2.45) is 0 Å². The van der Waals surface area contributed by atoms with Gasteiger partial charge in [0.25, 0.3) is 0 Å². The van der Waals surface area contributed by atoms with Crippen LogP contribution in [-0.2, 0) is 17.6 Å². The van der Waals surface area contributed by atoms with Crippen LogP contribution in [0.15, 0.2) is 23.6 Å². The first-order valence-corrected chi connectivity index (χ1v) is 8.38. The van der Waals surface area contributed by atoms with E-state index in [4.69, 9.17) is 0 Å². The lowest BCUT2D eigenvalue weighted by Crippen LogP contribution is -2.25. The van der Waals surface area contributed by atoms with Gasteiger partial charge in [-0.3, -0.25) is 4.79 Å². The van der Waals surface area contributed by atoms with Gasteiger partial charge in [-0.1, -0.05) is 32.4 Å². The molecule has 0 fully saturated rings. The second-order valence-corrected chi connectivity index (χ2v) is 6.10. The molecule has 2 aromatic rings. The molecular weight excluding hydrogens is 266 g/mol. The largest absolute Gasteiger partial charge is 0.356 e. The van der Waals surface area contributed by atoms with Gasteiger partial charge in [0.1, 0.15) is 0 Å². The Kier molecular flexibility index (Phi) is 5.60. The van der Waals surface area contributed by atoms with Crippen molar-refractivity contribution in [3.05, 3.63) is 34.7 Å². The highest BCUT2D eigenvalue weighted by molar-refractivity contribution is 7.17. The topological polar surface area (TPSA) is 29.1 Å². The second kappa shape index (κ2) is 7.44. The number of hydrogen-bond acceptors (Lipinski definition) is 2. The minimum Gasteiger partial charge on any atom is -0.356 e. The SMILES string of the molecule is CCCC(=O)NCCc1csc2ccc(CCC)cc12. The number of thiophene rings is 1. The Morgan fingerprint density at radius 2 is 2.05 bits per heavy atom. The Morgan fingerprint density at radius 3 is 2.80 bits per heavy atom. The third kappa shape index (κ3) is 3.83. The molecule has 0 unspecified atom stereocenters. The summed E-state index contributed by atoms with van der Waals surface area (Å²) >= 11 is 1.80. The highest BCUT2D eigenvalue weighted by atomic mass is 32.1. The second-order valence-electron chi connectivity index (χ2n) is 5.19. The Morgan fingerprint density at radius 1 is 1.20 bits per heavy atom. The van der Waals surface area contributed by atoms with Crippen molar-refractivity contribution in [2.45, 2.75) is 46.0 Å². The Hall–Kier alpha value is -1.35. The van der Waals surface area contributed by atoms with Gasteiger partial charge in [-0.15, -0.1) is 11.3 Å².